The number of nitrogens with one attached hydrogen (secondary N) is 1. The maximum Gasteiger partial charge on any atom is 0.255 e. The molecular formula is C28H35N5O3. The van der Waals surface area contributed by atoms with Gasteiger partial charge in [-0.15, -0.1) is 0 Å². The highest BCUT2D eigenvalue weighted by Gasteiger charge is 2.28. The van der Waals surface area contributed by atoms with Crippen LogP contribution in [0.2, 0.25) is 0 Å². The van der Waals surface area contributed by atoms with Gasteiger partial charge in [-0.1, -0.05) is 30.7 Å². The molecule has 0 saturated heterocycles. The number of aromatic nitrogens is 2. The largest absolute Gasteiger partial charge is 0.375 e. The van der Waals surface area contributed by atoms with E-state index in [9.17, 15) is 9.59 Å². The van der Waals surface area contributed by atoms with Gasteiger partial charge in [0, 0.05) is 59.0 Å². The summed E-state index contributed by atoms with van der Waals surface area (Å²) in [7, 11) is 5.33. The van der Waals surface area contributed by atoms with Gasteiger partial charge in [0.05, 0.1) is 16.6 Å². The van der Waals surface area contributed by atoms with Crippen LogP contribution < -0.4 is 5.32 Å². The summed E-state index contributed by atoms with van der Waals surface area (Å²) < 4.78 is 7.03. The molecular weight excluding hydrogens is 454 g/mol. The molecule has 1 aliphatic carbocycles. The Labute approximate surface area is 212 Å². The van der Waals surface area contributed by atoms with Crippen molar-refractivity contribution in [1.82, 2.24) is 19.4 Å². The molecule has 1 N–H and O–H groups in total. The van der Waals surface area contributed by atoms with Crippen molar-refractivity contribution >= 4 is 28.5 Å². The van der Waals surface area contributed by atoms with E-state index in [1.165, 1.54) is 24.7 Å². The van der Waals surface area contributed by atoms with Gasteiger partial charge < -0.3 is 19.5 Å². The lowest BCUT2D eigenvalue weighted by Gasteiger charge is -2.30. The number of imidazole rings is 1. The van der Waals surface area contributed by atoms with Gasteiger partial charge in [-0.3, -0.25) is 14.5 Å². The minimum absolute atomic E-state index is 0.0459. The number of carbonyl (C=O) groups excluding carboxylic acids is 2. The van der Waals surface area contributed by atoms with E-state index in [2.05, 4.69) is 39.0 Å². The predicted octanol–water partition coefficient (Wildman–Crippen LogP) is 3.56. The number of benzene rings is 2. The van der Waals surface area contributed by atoms with E-state index in [0.29, 0.717) is 23.7 Å². The Morgan fingerprint density at radius 2 is 1.97 bits per heavy atom. The number of aryl methyl sites for hydroxylation is 1. The molecule has 36 heavy (non-hydrogen) atoms. The van der Waals surface area contributed by atoms with Crippen LogP contribution in [0.4, 0.5) is 5.69 Å². The third kappa shape index (κ3) is 4.88. The van der Waals surface area contributed by atoms with E-state index in [0.717, 1.165) is 55.8 Å². The fourth-order valence-corrected chi connectivity index (χ4v) is 5.31. The number of hydrogen-bond acceptors (Lipinski definition) is 5. The van der Waals surface area contributed by atoms with Crippen molar-refractivity contribution in [2.24, 2.45) is 7.05 Å². The quantitative estimate of drug-likeness (QED) is 0.524. The second-order valence-corrected chi connectivity index (χ2v) is 10.1. The minimum atomic E-state index is -0.260. The highest BCUT2D eigenvalue weighted by Crippen LogP contribution is 2.38. The molecule has 2 aliphatic rings. The molecule has 1 fully saturated rings. The van der Waals surface area contributed by atoms with Crippen LogP contribution in [-0.4, -0.2) is 71.6 Å². The van der Waals surface area contributed by atoms with Gasteiger partial charge in [0.1, 0.15) is 12.4 Å². The van der Waals surface area contributed by atoms with Crippen LogP contribution in [0.3, 0.4) is 0 Å². The van der Waals surface area contributed by atoms with Gasteiger partial charge in [-0.05, 0) is 42.5 Å². The Hall–Kier alpha value is -3.23. The molecule has 2 amide bonds. The summed E-state index contributed by atoms with van der Waals surface area (Å²) in [5.41, 5.74) is 5.48. The lowest BCUT2D eigenvalue weighted by atomic mass is 9.85. The van der Waals surface area contributed by atoms with Crippen molar-refractivity contribution in [1.29, 1.82) is 0 Å². The summed E-state index contributed by atoms with van der Waals surface area (Å²) >= 11 is 0. The van der Waals surface area contributed by atoms with Gasteiger partial charge >= 0.3 is 0 Å². The highest BCUT2D eigenvalue weighted by atomic mass is 16.5. The van der Waals surface area contributed by atoms with Crippen LogP contribution in [-0.2, 0) is 29.5 Å². The lowest BCUT2D eigenvalue weighted by molar-refractivity contribution is -0.119. The maximum atomic E-state index is 13.7. The zero-order chi connectivity index (χ0) is 25.2. The SMILES string of the molecule is COCC(=O)Nc1cc(C(=O)N(C)CCN2CCc3ccccc3C2)c2c(c1)nc(C1CCC1)n2C. The van der Waals surface area contributed by atoms with Crippen molar-refractivity contribution in [3.8, 4) is 0 Å². The zero-order valence-corrected chi connectivity index (χ0v) is 21.4. The predicted molar refractivity (Wildman–Crippen MR) is 140 cm³/mol. The van der Waals surface area contributed by atoms with Gasteiger partial charge in [-0.25, -0.2) is 4.98 Å². The molecule has 8 heteroatoms. The summed E-state index contributed by atoms with van der Waals surface area (Å²) in [6, 6.07) is 12.2. The van der Waals surface area contributed by atoms with Crippen molar-refractivity contribution < 1.29 is 14.3 Å². The fraction of sp³-hybridized carbons (Fsp3) is 0.464. The van der Waals surface area contributed by atoms with Crippen molar-refractivity contribution in [2.75, 3.05) is 45.7 Å². The van der Waals surface area contributed by atoms with E-state index in [4.69, 9.17) is 9.72 Å². The first-order chi connectivity index (χ1) is 17.4. The first-order valence-electron chi connectivity index (χ1n) is 12.8. The molecule has 190 valence electrons. The molecule has 1 aliphatic heterocycles. The molecule has 3 aromatic rings. The summed E-state index contributed by atoms with van der Waals surface area (Å²) in [5, 5.41) is 2.86. The van der Waals surface area contributed by atoms with Gasteiger partial charge in [0.15, 0.2) is 0 Å². The lowest BCUT2D eigenvalue weighted by Crippen LogP contribution is -2.38. The maximum absolute atomic E-state index is 13.7. The monoisotopic (exact) mass is 489 g/mol. The molecule has 0 atom stereocenters. The van der Waals surface area contributed by atoms with Crippen LogP contribution in [0.5, 0.6) is 0 Å². The molecule has 2 aromatic carbocycles. The van der Waals surface area contributed by atoms with Gasteiger partial charge in [-0.2, -0.15) is 0 Å². The Kier molecular flexibility index (Phi) is 7.07. The molecule has 1 saturated carbocycles. The first-order valence-corrected chi connectivity index (χ1v) is 12.8. The number of likely N-dealkylation sites (N-methyl/N-ethyl adjacent to an activating group) is 1. The highest BCUT2D eigenvalue weighted by molar-refractivity contribution is 6.07. The average molecular weight is 490 g/mol. The number of nitrogens with zero attached hydrogens (tertiary/aromatic N) is 4. The summed E-state index contributed by atoms with van der Waals surface area (Å²) in [4.78, 5) is 35.0. The molecule has 8 nitrogen and oxygen atoms in total. The van der Waals surface area contributed by atoms with Crippen LogP contribution in [0.1, 0.15) is 52.5 Å². The topological polar surface area (TPSA) is 79.7 Å². The Morgan fingerprint density at radius 3 is 2.69 bits per heavy atom. The van der Waals surface area contributed by atoms with Gasteiger partial charge in [0.2, 0.25) is 5.91 Å². The van der Waals surface area contributed by atoms with Crippen molar-refractivity contribution in [2.45, 2.75) is 38.1 Å². The molecule has 1 aromatic heterocycles. The Bertz CT molecular complexity index is 1280. The zero-order valence-electron chi connectivity index (χ0n) is 21.4. The third-order valence-corrected chi connectivity index (χ3v) is 7.57. The van der Waals surface area contributed by atoms with E-state index in [-0.39, 0.29) is 18.4 Å². The number of carbonyl (C=O) groups is 2. The second-order valence-electron chi connectivity index (χ2n) is 10.1. The molecule has 0 radical (unpaired) electrons. The van der Waals surface area contributed by atoms with Gasteiger partial charge in [0.25, 0.3) is 5.91 Å². The summed E-state index contributed by atoms with van der Waals surface area (Å²) in [6.45, 7) is 3.29. The Balaban J connectivity index is 1.37. The number of ether oxygens (including phenoxy) is 1. The first kappa shape index (κ1) is 24.5. The number of amides is 2. The van der Waals surface area contributed by atoms with E-state index in [1.807, 2.05) is 20.2 Å². The number of rotatable bonds is 8. The number of fused-ring (bicyclic) bond motifs is 2. The molecule has 0 bridgehead atoms. The van der Waals surface area contributed by atoms with Crippen LogP contribution >= 0.6 is 0 Å². The Morgan fingerprint density at radius 1 is 1.19 bits per heavy atom. The standard InChI is InChI=1S/C28H35N5O3/c1-31(13-14-33-12-11-19-7-4-5-8-21(19)17-33)28(35)23-15-22(29-25(34)18-36-3)16-24-26(23)32(2)27(30-24)20-9-6-10-20/h4-5,7-8,15-16,20H,6,9-14,17-18H2,1-3H3,(H,29,34). The van der Waals surface area contributed by atoms with E-state index >= 15 is 0 Å². The average Bonchev–Trinajstić information content (AvgIpc) is 3.16. The van der Waals surface area contributed by atoms with Crippen molar-refractivity contribution in [3.05, 3.63) is 58.9 Å². The van der Waals surface area contributed by atoms with E-state index < -0.39 is 0 Å². The van der Waals surface area contributed by atoms with Crippen molar-refractivity contribution in [3.63, 3.8) is 0 Å². The third-order valence-electron chi connectivity index (χ3n) is 7.57. The molecule has 2 heterocycles. The van der Waals surface area contributed by atoms with E-state index in [1.54, 1.807) is 11.0 Å². The molecule has 0 unspecified atom stereocenters. The van der Waals surface area contributed by atoms with Crippen LogP contribution in [0, 0.1) is 0 Å². The molecule has 0 spiro atoms. The van der Waals surface area contributed by atoms with Crippen LogP contribution in [0.25, 0.3) is 11.0 Å². The number of anilines is 1. The normalized spacial score (nSPS) is 16.0. The number of hydrogen-bond donors (Lipinski definition) is 1. The fourth-order valence-electron chi connectivity index (χ4n) is 5.31. The smallest absolute Gasteiger partial charge is 0.255 e. The van der Waals surface area contributed by atoms with Crippen LogP contribution in [0.15, 0.2) is 36.4 Å². The second kappa shape index (κ2) is 10.4. The number of methoxy groups -OCH3 is 1. The summed E-state index contributed by atoms with van der Waals surface area (Å²) in [5.74, 6) is 1.12. The molecule has 5 rings (SSSR count). The minimum Gasteiger partial charge on any atom is -0.375 e. The summed E-state index contributed by atoms with van der Waals surface area (Å²) in [6.07, 6.45) is 4.49.